The highest BCUT2D eigenvalue weighted by molar-refractivity contribution is 5.95. The van der Waals surface area contributed by atoms with Gasteiger partial charge in [-0.1, -0.05) is 12.8 Å². The maximum atomic E-state index is 12.8. The summed E-state index contributed by atoms with van der Waals surface area (Å²) in [6.45, 7) is 8.01. The van der Waals surface area contributed by atoms with Crippen LogP contribution in [0.3, 0.4) is 0 Å². The zero-order chi connectivity index (χ0) is 19.1. The number of nitrogens with zero attached hydrogens (tertiary/aromatic N) is 3. The summed E-state index contributed by atoms with van der Waals surface area (Å²) in [4.78, 5) is 21.3. The van der Waals surface area contributed by atoms with Crippen LogP contribution in [0.4, 0.5) is 17.1 Å². The number of hydrogen-bond acceptors (Lipinski definition) is 4. The number of rotatable bonds is 6. The van der Waals surface area contributed by atoms with Gasteiger partial charge in [-0.3, -0.25) is 9.78 Å². The molecule has 27 heavy (non-hydrogen) atoms. The van der Waals surface area contributed by atoms with E-state index in [0.29, 0.717) is 5.56 Å². The molecule has 0 bridgehead atoms. The van der Waals surface area contributed by atoms with Crippen LogP contribution in [0, 0.1) is 0 Å². The predicted molar refractivity (Wildman–Crippen MR) is 112 cm³/mol. The Morgan fingerprint density at radius 1 is 1.00 bits per heavy atom. The van der Waals surface area contributed by atoms with Crippen molar-refractivity contribution in [2.45, 2.75) is 39.5 Å². The second-order valence-electron chi connectivity index (χ2n) is 7.01. The van der Waals surface area contributed by atoms with E-state index in [4.69, 9.17) is 0 Å². The molecule has 1 aliphatic heterocycles. The third-order valence-electron chi connectivity index (χ3n) is 5.16. The molecule has 0 saturated carbocycles. The molecule has 5 heteroatoms. The molecule has 0 unspecified atom stereocenters. The van der Waals surface area contributed by atoms with Gasteiger partial charge >= 0.3 is 0 Å². The summed E-state index contributed by atoms with van der Waals surface area (Å²) in [6.07, 6.45) is 8.05. The van der Waals surface area contributed by atoms with E-state index in [1.54, 1.807) is 12.4 Å². The number of pyridine rings is 1. The third-order valence-corrected chi connectivity index (χ3v) is 5.16. The second-order valence-corrected chi connectivity index (χ2v) is 7.01. The molecule has 5 nitrogen and oxygen atoms in total. The number of anilines is 3. The van der Waals surface area contributed by atoms with Crippen LogP contribution in [-0.4, -0.2) is 42.0 Å². The van der Waals surface area contributed by atoms with Crippen LogP contribution in [0.5, 0.6) is 0 Å². The first-order valence-corrected chi connectivity index (χ1v) is 10.1. The zero-order valence-corrected chi connectivity index (χ0v) is 16.4. The topological polar surface area (TPSA) is 48.5 Å². The molecule has 0 aliphatic carbocycles. The van der Waals surface area contributed by atoms with Crippen LogP contribution in [0.2, 0.25) is 0 Å². The van der Waals surface area contributed by atoms with Gasteiger partial charge in [0.05, 0.1) is 17.4 Å². The van der Waals surface area contributed by atoms with E-state index in [1.165, 1.54) is 18.5 Å². The summed E-state index contributed by atoms with van der Waals surface area (Å²) in [7, 11) is 0. The smallest absolute Gasteiger partial charge is 0.255 e. The lowest BCUT2D eigenvalue weighted by Gasteiger charge is -2.21. The van der Waals surface area contributed by atoms with Crippen LogP contribution < -0.4 is 10.2 Å². The van der Waals surface area contributed by atoms with Gasteiger partial charge in [0.2, 0.25) is 0 Å². The molecule has 1 saturated heterocycles. The van der Waals surface area contributed by atoms with E-state index in [-0.39, 0.29) is 5.91 Å². The fourth-order valence-electron chi connectivity index (χ4n) is 3.59. The quantitative estimate of drug-likeness (QED) is 0.806. The first-order valence-electron chi connectivity index (χ1n) is 10.1. The van der Waals surface area contributed by atoms with Gasteiger partial charge in [0, 0.05) is 43.8 Å². The first-order chi connectivity index (χ1) is 13.2. The van der Waals surface area contributed by atoms with Gasteiger partial charge in [0.15, 0.2) is 0 Å². The average molecular weight is 367 g/mol. The van der Waals surface area contributed by atoms with Crippen molar-refractivity contribution in [1.82, 2.24) is 9.88 Å². The van der Waals surface area contributed by atoms with Crippen LogP contribution in [0.1, 0.15) is 49.9 Å². The van der Waals surface area contributed by atoms with Gasteiger partial charge in [0.1, 0.15) is 0 Å². The second kappa shape index (κ2) is 9.40. The van der Waals surface area contributed by atoms with Crippen molar-refractivity contribution in [3.63, 3.8) is 0 Å². The van der Waals surface area contributed by atoms with Gasteiger partial charge < -0.3 is 15.1 Å². The number of benzene rings is 1. The van der Waals surface area contributed by atoms with E-state index in [0.717, 1.165) is 50.4 Å². The lowest BCUT2D eigenvalue weighted by atomic mass is 10.2. The van der Waals surface area contributed by atoms with Gasteiger partial charge in [-0.2, -0.15) is 0 Å². The summed E-state index contributed by atoms with van der Waals surface area (Å²) in [5.41, 5.74) is 3.70. The molecule has 0 radical (unpaired) electrons. The molecule has 0 atom stereocenters. The monoisotopic (exact) mass is 366 g/mol. The first kappa shape index (κ1) is 19.2. The normalized spacial score (nSPS) is 14.5. The van der Waals surface area contributed by atoms with Crippen molar-refractivity contribution in [1.29, 1.82) is 0 Å². The molecule has 1 aromatic heterocycles. The molecule has 144 valence electrons. The third kappa shape index (κ3) is 5.00. The Morgan fingerprint density at radius 3 is 2.30 bits per heavy atom. The molecule has 0 spiro atoms. The summed E-state index contributed by atoms with van der Waals surface area (Å²) >= 11 is 0. The number of nitrogens with one attached hydrogen (secondary N) is 1. The van der Waals surface area contributed by atoms with Crippen LogP contribution in [-0.2, 0) is 0 Å². The number of carbonyl (C=O) groups is 1. The van der Waals surface area contributed by atoms with Crippen LogP contribution in [0.25, 0.3) is 0 Å². The van der Waals surface area contributed by atoms with E-state index in [2.05, 4.69) is 53.3 Å². The minimum atomic E-state index is 0.0879. The van der Waals surface area contributed by atoms with Crippen LogP contribution >= 0.6 is 0 Å². The summed E-state index contributed by atoms with van der Waals surface area (Å²) < 4.78 is 0. The van der Waals surface area contributed by atoms with Crippen molar-refractivity contribution in [3.8, 4) is 0 Å². The standard InChI is InChI=1S/C22H30N4O/c1-3-25(4-2)21-11-9-19(10-12-21)24-20-15-18(16-23-17-20)22(27)26-13-7-5-6-8-14-26/h9-12,15-17,24H,3-8,13-14H2,1-2H3. The molecule has 1 fully saturated rings. The van der Waals surface area contributed by atoms with Crippen molar-refractivity contribution in [2.75, 3.05) is 36.4 Å². The van der Waals surface area contributed by atoms with Crippen molar-refractivity contribution in [2.24, 2.45) is 0 Å². The van der Waals surface area contributed by atoms with Crippen molar-refractivity contribution in [3.05, 3.63) is 48.3 Å². The van der Waals surface area contributed by atoms with Gasteiger partial charge in [-0.15, -0.1) is 0 Å². The minimum absolute atomic E-state index is 0.0879. The number of amides is 1. The lowest BCUT2D eigenvalue weighted by molar-refractivity contribution is 0.0761. The predicted octanol–water partition coefficient (Wildman–Crippen LogP) is 4.69. The van der Waals surface area contributed by atoms with Crippen LogP contribution in [0.15, 0.2) is 42.7 Å². The Balaban J connectivity index is 1.69. The largest absolute Gasteiger partial charge is 0.372 e. The highest BCUT2D eigenvalue weighted by Crippen LogP contribution is 2.22. The molecular weight excluding hydrogens is 336 g/mol. The lowest BCUT2D eigenvalue weighted by Crippen LogP contribution is -2.31. The highest BCUT2D eigenvalue weighted by Gasteiger charge is 2.17. The van der Waals surface area contributed by atoms with Crippen molar-refractivity contribution < 1.29 is 4.79 Å². The minimum Gasteiger partial charge on any atom is -0.372 e. The zero-order valence-electron chi connectivity index (χ0n) is 16.4. The maximum absolute atomic E-state index is 12.8. The fourth-order valence-corrected chi connectivity index (χ4v) is 3.59. The van der Waals surface area contributed by atoms with Gasteiger partial charge in [0.25, 0.3) is 5.91 Å². The van der Waals surface area contributed by atoms with E-state index >= 15 is 0 Å². The Labute approximate surface area is 162 Å². The molecule has 2 heterocycles. The molecule has 3 rings (SSSR count). The van der Waals surface area contributed by atoms with E-state index < -0.39 is 0 Å². The maximum Gasteiger partial charge on any atom is 0.255 e. The number of likely N-dealkylation sites (tertiary alicyclic amines) is 1. The average Bonchev–Trinajstić information content (AvgIpc) is 2.99. The molecule has 1 aliphatic rings. The van der Waals surface area contributed by atoms with Crippen molar-refractivity contribution >= 4 is 23.0 Å². The van der Waals surface area contributed by atoms with E-state index in [9.17, 15) is 4.79 Å². The Bertz CT molecular complexity index is 732. The van der Waals surface area contributed by atoms with Gasteiger partial charge in [-0.05, 0) is 57.0 Å². The molecule has 2 aromatic rings. The Hall–Kier alpha value is -2.56. The Kier molecular flexibility index (Phi) is 6.69. The summed E-state index contributed by atoms with van der Waals surface area (Å²) in [5.74, 6) is 0.0879. The fraction of sp³-hybridized carbons (Fsp3) is 0.455. The summed E-state index contributed by atoms with van der Waals surface area (Å²) in [6, 6.07) is 10.3. The summed E-state index contributed by atoms with van der Waals surface area (Å²) in [5, 5.41) is 3.36. The number of hydrogen-bond donors (Lipinski definition) is 1. The van der Waals surface area contributed by atoms with Gasteiger partial charge in [-0.25, -0.2) is 0 Å². The number of carbonyl (C=O) groups excluding carboxylic acids is 1. The van der Waals surface area contributed by atoms with E-state index in [1.807, 2.05) is 11.0 Å². The molecule has 1 N–H and O–H groups in total. The highest BCUT2D eigenvalue weighted by atomic mass is 16.2. The Morgan fingerprint density at radius 2 is 1.67 bits per heavy atom. The number of aromatic nitrogens is 1. The SMILES string of the molecule is CCN(CC)c1ccc(Nc2cncc(C(=O)N3CCCCCC3)c2)cc1. The molecule has 1 amide bonds. The molecule has 1 aromatic carbocycles. The molecular formula is C22H30N4O.